The summed E-state index contributed by atoms with van der Waals surface area (Å²) in [5, 5.41) is 9.25. The van der Waals surface area contributed by atoms with Crippen LogP contribution in [-0.4, -0.2) is 67.5 Å². The molecule has 0 amide bonds. The fourth-order valence-electron chi connectivity index (χ4n) is 3.35. The maximum Gasteiger partial charge on any atom is 0.341 e. The van der Waals surface area contributed by atoms with Gasteiger partial charge in [0, 0.05) is 39.4 Å². The van der Waals surface area contributed by atoms with Crippen LogP contribution >= 0.6 is 12.4 Å². The summed E-state index contributed by atoms with van der Waals surface area (Å²) in [6, 6.07) is 1.11. The normalized spacial score (nSPS) is 14.6. The number of pyridine rings is 1. The zero-order valence-corrected chi connectivity index (χ0v) is 16.8. The van der Waals surface area contributed by atoms with Crippen molar-refractivity contribution in [1.82, 2.24) is 9.58 Å². The monoisotopic (exact) mass is 414 g/mol. The van der Waals surface area contributed by atoms with Gasteiger partial charge in [-0.15, -0.1) is 12.4 Å². The molecule has 0 unspecified atom stereocenters. The number of anilines is 1. The lowest BCUT2D eigenvalue weighted by Gasteiger charge is -2.35. The molecule has 8 nitrogen and oxygen atoms in total. The third kappa shape index (κ3) is 3.72. The lowest BCUT2D eigenvalue weighted by molar-refractivity contribution is 0.0695. The predicted molar refractivity (Wildman–Crippen MR) is 109 cm³/mol. The molecule has 0 aliphatic carbocycles. The van der Waals surface area contributed by atoms with E-state index in [1.54, 1.807) is 14.0 Å². The van der Waals surface area contributed by atoms with Gasteiger partial charge in [0.2, 0.25) is 5.43 Å². The second-order valence-electron chi connectivity index (χ2n) is 6.43. The molecule has 2 N–H and O–H groups in total. The van der Waals surface area contributed by atoms with Crippen LogP contribution in [0.1, 0.15) is 17.3 Å². The molecule has 1 saturated heterocycles. The number of halogens is 2. The molecule has 1 fully saturated rings. The van der Waals surface area contributed by atoms with Gasteiger partial charge in [0.05, 0.1) is 12.0 Å². The second kappa shape index (κ2) is 8.66. The Hall–Kier alpha value is -2.52. The number of rotatable bonds is 5. The molecule has 2 heterocycles. The quantitative estimate of drug-likeness (QED) is 0.768. The molecule has 0 atom stereocenters. The highest BCUT2D eigenvalue weighted by atomic mass is 35.5. The number of aromatic nitrogens is 1. The first-order chi connectivity index (χ1) is 12.9. The SMILES string of the molecule is CCOc1c(N2CCN(C)CC2)c(F)cc2c(=O)c(C(=O)O)cn(NC)c12.Cl. The van der Waals surface area contributed by atoms with E-state index in [4.69, 9.17) is 4.74 Å². The summed E-state index contributed by atoms with van der Waals surface area (Å²) in [6.07, 6.45) is 1.20. The molecular formula is C18H24ClFN4O4. The van der Waals surface area contributed by atoms with Gasteiger partial charge >= 0.3 is 5.97 Å². The lowest BCUT2D eigenvalue weighted by atomic mass is 10.1. The number of carbonyl (C=O) groups is 1. The summed E-state index contributed by atoms with van der Waals surface area (Å²) in [4.78, 5) is 28.1. The van der Waals surface area contributed by atoms with Crippen LogP contribution in [0.4, 0.5) is 10.1 Å². The second-order valence-corrected chi connectivity index (χ2v) is 6.43. The third-order valence-corrected chi connectivity index (χ3v) is 4.75. The number of aromatic carboxylic acids is 1. The zero-order valence-electron chi connectivity index (χ0n) is 16.0. The lowest BCUT2D eigenvalue weighted by Crippen LogP contribution is -2.45. The van der Waals surface area contributed by atoms with E-state index < -0.39 is 22.8 Å². The van der Waals surface area contributed by atoms with Crippen LogP contribution < -0.4 is 20.5 Å². The minimum atomic E-state index is -1.37. The average molecular weight is 415 g/mol. The van der Waals surface area contributed by atoms with Crippen molar-refractivity contribution in [1.29, 1.82) is 0 Å². The fourth-order valence-corrected chi connectivity index (χ4v) is 3.35. The van der Waals surface area contributed by atoms with Crippen LogP contribution in [0, 0.1) is 5.82 Å². The zero-order chi connectivity index (χ0) is 19.7. The van der Waals surface area contributed by atoms with Gasteiger partial charge in [0.25, 0.3) is 0 Å². The Kier molecular flexibility index (Phi) is 6.73. The molecule has 1 aliphatic rings. The summed E-state index contributed by atoms with van der Waals surface area (Å²) in [7, 11) is 3.59. The van der Waals surface area contributed by atoms with Crippen molar-refractivity contribution in [3.05, 3.63) is 33.9 Å². The Balaban J connectivity index is 0.00000280. The highest BCUT2D eigenvalue weighted by Crippen LogP contribution is 2.38. The van der Waals surface area contributed by atoms with Crippen LogP contribution in [0.15, 0.2) is 17.1 Å². The van der Waals surface area contributed by atoms with Crippen molar-refractivity contribution >= 4 is 35.0 Å². The van der Waals surface area contributed by atoms with Crippen molar-refractivity contribution in [2.24, 2.45) is 0 Å². The summed E-state index contributed by atoms with van der Waals surface area (Å²) in [5.74, 6) is -1.73. The summed E-state index contributed by atoms with van der Waals surface area (Å²) < 4.78 is 22.2. The number of nitrogens with one attached hydrogen (secondary N) is 1. The van der Waals surface area contributed by atoms with Gasteiger partial charge in [-0.1, -0.05) is 0 Å². The maximum absolute atomic E-state index is 15.1. The van der Waals surface area contributed by atoms with Crippen LogP contribution in [-0.2, 0) is 0 Å². The van der Waals surface area contributed by atoms with E-state index in [-0.39, 0.29) is 30.1 Å². The fraction of sp³-hybridized carbons (Fsp3) is 0.444. The molecular weight excluding hydrogens is 391 g/mol. The van der Waals surface area contributed by atoms with Crippen molar-refractivity contribution < 1.29 is 19.0 Å². The highest BCUT2D eigenvalue weighted by Gasteiger charge is 2.27. The van der Waals surface area contributed by atoms with E-state index in [2.05, 4.69) is 10.3 Å². The molecule has 1 aromatic carbocycles. The number of benzene rings is 1. The Morgan fingerprint density at radius 3 is 2.50 bits per heavy atom. The minimum Gasteiger partial charge on any atom is -0.489 e. The standard InChI is InChI=1S/C18H23FN4O4.ClH/c1-4-27-17-14-11(16(24)12(18(25)26)10-23(14)20-2)9-13(19)15(17)22-7-5-21(3)6-8-22;/h9-10,20H,4-8H2,1-3H3,(H,25,26);1H. The van der Waals surface area contributed by atoms with Gasteiger partial charge in [0.1, 0.15) is 16.8 Å². The first-order valence-corrected chi connectivity index (χ1v) is 8.78. The van der Waals surface area contributed by atoms with E-state index in [0.29, 0.717) is 24.3 Å². The average Bonchev–Trinajstić information content (AvgIpc) is 2.63. The first-order valence-electron chi connectivity index (χ1n) is 8.78. The molecule has 0 bridgehead atoms. The first kappa shape index (κ1) is 21.8. The van der Waals surface area contributed by atoms with Crippen molar-refractivity contribution in [3.63, 3.8) is 0 Å². The largest absolute Gasteiger partial charge is 0.489 e. The van der Waals surface area contributed by atoms with E-state index in [9.17, 15) is 14.7 Å². The molecule has 3 rings (SSSR count). The molecule has 0 saturated carbocycles. The highest BCUT2D eigenvalue weighted by molar-refractivity contribution is 5.97. The topological polar surface area (TPSA) is 87.0 Å². The van der Waals surface area contributed by atoms with Crippen LogP contribution in [0.3, 0.4) is 0 Å². The molecule has 0 radical (unpaired) electrons. The number of hydrogen-bond acceptors (Lipinski definition) is 6. The Labute approximate surface area is 167 Å². The van der Waals surface area contributed by atoms with Crippen LogP contribution in [0.5, 0.6) is 5.75 Å². The number of likely N-dealkylation sites (N-methyl/N-ethyl adjacent to an activating group) is 1. The number of ether oxygens (including phenoxy) is 1. The van der Waals surface area contributed by atoms with E-state index >= 15 is 4.39 Å². The van der Waals surface area contributed by atoms with Crippen LogP contribution in [0.2, 0.25) is 0 Å². The number of piperazine rings is 1. The minimum absolute atomic E-state index is 0. The molecule has 28 heavy (non-hydrogen) atoms. The van der Waals surface area contributed by atoms with Gasteiger partial charge in [0.15, 0.2) is 11.6 Å². The molecule has 10 heteroatoms. The van der Waals surface area contributed by atoms with E-state index in [0.717, 1.165) is 19.2 Å². The predicted octanol–water partition coefficient (Wildman–Crippen LogP) is 1.58. The van der Waals surface area contributed by atoms with Gasteiger partial charge in [-0.2, -0.15) is 0 Å². The number of hydrogen-bond donors (Lipinski definition) is 2. The Morgan fingerprint density at radius 1 is 1.32 bits per heavy atom. The van der Waals surface area contributed by atoms with E-state index in [1.807, 2.05) is 11.9 Å². The maximum atomic E-state index is 15.1. The molecule has 2 aromatic rings. The van der Waals surface area contributed by atoms with Crippen LogP contribution in [0.25, 0.3) is 10.9 Å². The van der Waals surface area contributed by atoms with Gasteiger partial charge < -0.3 is 25.1 Å². The number of carboxylic acids is 1. The number of fused-ring (bicyclic) bond motifs is 1. The summed E-state index contributed by atoms with van der Waals surface area (Å²) in [6.45, 7) is 4.85. The third-order valence-electron chi connectivity index (χ3n) is 4.75. The molecule has 154 valence electrons. The molecule has 1 aromatic heterocycles. The summed E-state index contributed by atoms with van der Waals surface area (Å²) in [5.41, 5.74) is 2.27. The van der Waals surface area contributed by atoms with E-state index in [1.165, 1.54) is 10.9 Å². The van der Waals surface area contributed by atoms with Crippen molar-refractivity contribution in [3.8, 4) is 5.75 Å². The van der Waals surface area contributed by atoms with Gasteiger partial charge in [-0.3, -0.25) is 9.47 Å². The smallest absolute Gasteiger partial charge is 0.341 e. The number of nitrogens with zero attached hydrogens (tertiary/aromatic N) is 3. The summed E-state index contributed by atoms with van der Waals surface area (Å²) >= 11 is 0. The number of carboxylic acid groups (broad SMARTS) is 1. The Bertz CT molecular complexity index is 942. The molecule has 1 aliphatic heterocycles. The van der Waals surface area contributed by atoms with Crippen molar-refractivity contribution in [2.75, 3.05) is 57.2 Å². The molecule has 0 spiro atoms. The Morgan fingerprint density at radius 2 is 1.96 bits per heavy atom. The van der Waals surface area contributed by atoms with Gasteiger partial charge in [-0.25, -0.2) is 9.18 Å². The van der Waals surface area contributed by atoms with Gasteiger partial charge in [-0.05, 0) is 20.0 Å². The van der Waals surface area contributed by atoms with Crippen molar-refractivity contribution in [2.45, 2.75) is 6.92 Å².